The van der Waals surface area contributed by atoms with Crippen LogP contribution >= 0.6 is 0 Å². The first kappa shape index (κ1) is 26.8. The molecule has 0 radical (unpaired) electrons. The Balaban J connectivity index is 1.50. The fourth-order valence-electron chi connectivity index (χ4n) is 5.33. The summed E-state index contributed by atoms with van der Waals surface area (Å²) in [5, 5.41) is 2.87. The van der Waals surface area contributed by atoms with Gasteiger partial charge < -0.3 is 14.6 Å². The van der Waals surface area contributed by atoms with Gasteiger partial charge >= 0.3 is 7.12 Å². The van der Waals surface area contributed by atoms with E-state index in [1.807, 2.05) is 6.92 Å². The zero-order valence-electron chi connectivity index (χ0n) is 21.3. The van der Waals surface area contributed by atoms with E-state index in [0.717, 1.165) is 57.7 Å². The van der Waals surface area contributed by atoms with E-state index >= 15 is 0 Å². The van der Waals surface area contributed by atoms with E-state index in [2.05, 4.69) is 66.9 Å². The second-order valence-corrected chi connectivity index (χ2v) is 9.77. The molecule has 1 unspecified atom stereocenters. The van der Waals surface area contributed by atoms with Gasteiger partial charge in [-0.05, 0) is 75.6 Å². The fraction of sp³-hybridized carbons (Fsp3) is 0.621. The van der Waals surface area contributed by atoms with Crippen molar-refractivity contribution >= 4 is 13.0 Å². The summed E-state index contributed by atoms with van der Waals surface area (Å²) in [7, 11) is -0.0284. The van der Waals surface area contributed by atoms with Crippen LogP contribution in [0.4, 0.5) is 0 Å². The molecule has 186 valence electrons. The second kappa shape index (κ2) is 15.2. The molecule has 1 aromatic carbocycles. The summed E-state index contributed by atoms with van der Waals surface area (Å²) in [4.78, 5) is 11.6. The molecule has 1 saturated heterocycles. The number of hydrogen-bond donors (Lipinski definition) is 1. The van der Waals surface area contributed by atoms with Crippen LogP contribution in [0.1, 0.15) is 77.2 Å². The number of benzene rings is 1. The van der Waals surface area contributed by atoms with E-state index < -0.39 is 0 Å². The molecule has 1 heterocycles. The van der Waals surface area contributed by atoms with Gasteiger partial charge in [0.15, 0.2) is 0 Å². The average Bonchev–Trinajstić information content (AvgIpc) is 3.09. The maximum absolute atomic E-state index is 11.6. The molecule has 3 rings (SSSR count). The molecular weight excluding hydrogens is 421 g/mol. The molecule has 1 amide bonds. The van der Waals surface area contributed by atoms with Crippen molar-refractivity contribution in [2.45, 2.75) is 96.6 Å². The third kappa shape index (κ3) is 8.74. The molecule has 0 aromatic heterocycles. The Labute approximate surface area is 207 Å². The van der Waals surface area contributed by atoms with Gasteiger partial charge in [-0.15, -0.1) is 0 Å². The molecular formula is C29H44BNO3. The van der Waals surface area contributed by atoms with Crippen LogP contribution in [0.5, 0.6) is 0 Å². The molecule has 2 aliphatic rings. The minimum absolute atomic E-state index is 0.0284. The summed E-state index contributed by atoms with van der Waals surface area (Å²) in [6.07, 6.45) is 21.0. The largest absolute Gasteiger partial charge is 0.457 e. The van der Waals surface area contributed by atoms with E-state index in [4.69, 9.17) is 9.31 Å². The maximum Gasteiger partial charge on any atom is 0.457 e. The zero-order valence-corrected chi connectivity index (χ0v) is 21.3. The summed E-state index contributed by atoms with van der Waals surface area (Å²) in [5.74, 6) is 1.18. The molecule has 4 nitrogen and oxygen atoms in total. The van der Waals surface area contributed by atoms with Gasteiger partial charge in [0.1, 0.15) is 0 Å². The maximum atomic E-state index is 11.6. The van der Waals surface area contributed by atoms with Crippen LogP contribution in [0.15, 0.2) is 54.6 Å². The number of fused-ring (bicyclic) bond motifs is 2. The van der Waals surface area contributed by atoms with Crippen molar-refractivity contribution in [3.63, 3.8) is 0 Å². The molecule has 1 aliphatic heterocycles. The highest BCUT2D eigenvalue weighted by molar-refractivity contribution is 6.44. The number of aryl methyl sites for hydroxylation is 1. The number of nitrogens with one attached hydrogen (secondary N) is 1. The van der Waals surface area contributed by atoms with Crippen LogP contribution in [-0.2, 0) is 20.5 Å². The summed E-state index contributed by atoms with van der Waals surface area (Å²) >= 11 is 0. The van der Waals surface area contributed by atoms with Crippen molar-refractivity contribution in [3.8, 4) is 0 Å². The zero-order chi connectivity index (χ0) is 24.0. The van der Waals surface area contributed by atoms with E-state index in [0.29, 0.717) is 37.0 Å². The highest BCUT2D eigenvalue weighted by Crippen LogP contribution is 2.45. The predicted octanol–water partition coefficient (Wildman–Crippen LogP) is 6.53. The summed E-state index contributed by atoms with van der Waals surface area (Å²) < 4.78 is 12.8. The Morgan fingerprint density at radius 1 is 0.971 bits per heavy atom. The number of allylic oxidation sites excluding steroid dienone is 4. The number of unbranched alkanes of at least 4 members (excludes halogenated alkanes) is 2. The highest BCUT2D eigenvalue weighted by Gasteiger charge is 2.49. The summed E-state index contributed by atoms with van der Waals surface area (Å²) in [5.41, 5.74) is 1.40. The lowest BCUT2D eigenvalue weighted by molar-refractivity contribution is -0.121. The molecule has 4 atom stereocenters. The molecule has 1 N–H and O–H groups in total. The van der Waals surface area contributed by atoms with Crippen molar-refractivity contribution in [2.75, 3.05) is 6.54 Å². The smallest absolute Gasteiger partial charge is 0.408 e. The molecule has 5 heteroatoms. The van der Waals surface area contributed by atoms with Crippen LogP contribution in [-0.4, -0.2) is 31.8 Å². The van der Waals surface area contributed by atoms with E-state index in [1.54, 1.807) is 0 Å². The monoisotopic (exact) mass is 465 g/mol. The molecule has 34 heavy (non-hydrogen) atoms. The van der Waals surface area contributed by atoms with Crippen LogP contribution in [0.25, 0.3) is 0 Å². The van der Waals surface area contributed by atoms with Crippen LogP contribution < -0.4 is 5.32 Å². The lowest BCUT2D eigenvalue weighted by Crippen LogP contribution is -2.37. The number of hydrogen-bond acceptors (Lipinski definition) is 3. The summed E-state index contributed by atoms with van der Waals surface area (Å²) in [6.45, 7) is 4.89. The lowest BCUT2D eigenvalue weighted by atomic mass is 9.80. The van der Waals surface area contributed by atoms with E-state index in [9.17, 15) is 4.79 Å². The van der Waals surface area contributed by atoms with Crippen molar-refractivity contribution < 1.29 is 14.1 Å². The second-order valence-electron chi connectivity index (χ2n) is 9.77. The first-order valence-corrected chi connectivity index (χ1v) is 13.6. The van der Waals surface area contributed by atoms with Gasteiger partial charge in [0.25, 0.3) is 0 Å². The molecule has 1 aliphatic carbocycles. The van der Waals surface area contributed by atoms with Crippen LogP contribution in [0.2, 0.25) is 6.32 Å². The van der Waals surface area contributed by atoms with Gasteiger partial charge in [-0.1, -0.05) is 74.4 Å². The Hall–Kier alpha value is -1.85. The minimum atomic E-state index is -0.0284. The van der Waals surface area contributed by atoms with Gasteiger partial charge in [0, 0.05) is 25.2 Å². The Kier molecular flexibility index (Phi) is 12.0. The third-order valence-corrected chi connectivity index (χ3v) is 7.16. The van der Waals surface area contributed by atoms with Crippen LogP contribution in [0, 0.1) is 11.8 Å². The van der Waals surface area contributed by atoms with E-state index in [-0.39, 0.29) is 13.0 Å². The molecule has 2 bridgehead atoms. The minimum Gasteiger partial charge on any atom is -0.408 e. The van der Waals surface area contributed by atoms with Crippen LogP contribution in [0.3, 0.4) is 0 Å². The first-order chi connectivity index (χ1) is 16.7. The van der Waals surface area contributed by atoms with Gasteiger partial charge in [-0.2, -0.15) is 0 Å². The Morgan fingerprint density at radius 3 is 2.29 bits per heavy atom. The number of amides is 1. The van der Waals surface area contributed by atoms with Gasteiger partial charge in [0.2, 0.25) is 5.91 Å². The quantitative estimate of drug-likeness (QED) is 0.182. The Morgan fingerprint density at radius 2 is 1.65 bits per heavy atom. The fourth-order valence-corrected chi connectivity index (χ4v) is 5.33. The Bertz CT molecular complexity index is 766. The molecule has 1 aromatic rings. The van der Waals surface area contributed by atoms with Gasteiger partial charge in [-0.25, -0.2) is 0 Å². The summed E-state index contributed by atoms with van der Waals surface area (Å²) in [6, 6.07) is 10.7. The molecule has 0 spiro atoms. The average molecular weight is 465 g/mol. The first-order valence-electron chi connectivity index (χ1n) is 13.6. The number of rotatable bonds is 15. The van der Waals surface area contributed by atoms with E-state index in [1.165, 1.54) is 12.0 Å². The number of carbonyl (C=O) groups is 1. The highest BCUT2D eigenvalue weighted by atomic mass is 16.6. The number of carbonyl (C=O) groups excluding carboxylic acids is 1. The van der Waals surface area contributed by atoms with Crippen molar-refractivity contribution in [3.05, 3.63) is 60.2 Å². The van der Waals surface area contributed by atoms with Gasteiger partial charge in [0.05, 0.1) is 0 Å². The molecule has 1 saturated carbocycles. The normalized spacial score (nSPS) is 24.4. The predicted molar refractivity (Wildman–Crippen MR) is 142 cm³/mol. The van der Waals surface area contributed by atoms with Crippen molar-refractivity contribution in [1.29, 1.82) is 0 Å². The van der Waals surface area contributed by atoms with Gasteiger partial charge in [-0.3, -0.25) is 4.79 Å². The molecule has 2 fully saturated rings. The topological polar surface area (TPSA) is 47.6 Å². The van der Waals surface area contributed by atoms with Crippen molar-refractivity contribution in [2.24, 2.45) is 11.8 Å². The van der Waals surface area contributed by atoms with Crippen molar-refractivity contribution in [1.82, 2.24) is 5.32 Å². The SMILES string of the molecule is CCCCB1OC2C[C@@H](O1)[C@H](CC=CCCCC(=O)NCC)[C@H]2C/C=C\CCc1ccccc1. The third-order valence-electron chi connectivity index (χ3n) is 7.16. The standard InChI is InChI=1S/C29H44BNO3/c1-3-5-22-30-33-27-23-28(34-30)26(20-14-9-12-18-24-16-10-8-11-17-24)25(27)19-13-6-7-15-21-29(32)31-4-2/h6,8-11,13-14,16-17,25-28H,3-5,7,12,15,18-23H2,1-2H3,(H,31,32)/b13-6?,14-9-/t25-,26-,27-,28?/m1/s1. The lowest BCUT2D eigenvalue weighted by Gasteiger charge is -2.28.